The second-order valence-corrected chi connectivity index (χ2v) is 7.68. The molecule has 120 valence electrons. The maximum atomic E-state index is 4.61. The van der Waals surface area contributed by atoms with Gasteiger partial charge in [-0.2, -0.15) is 0 Å². The van der Waals surface area contributed by atoms with Gasteiger partial charge in [0, 0.05) is 30.9 Å². The van der Waals surface area contributed by atoms with Crippen molar-refractivity contribution in [3.63, 3.8) is 0 Å². The number of hydrogen-bond donors (Lipinski definition) is 1. The maximum Gasteiger partial charge on any atom is 0.108 e. The van der Waals surface area contributed by atoms with Gasteiger partial charge in [0.15, 0.2) is 0 Å². The van der Waals surface area contributed by atoms with E-state index in [0.29, 0.717) is 0 Å². The third kappa shape index (κ3) is 5.14. The molecule has 21 heavy (non-hydrogen) atoms. The molecule has 1 aromatic heterocycles. The van der Waals surface area contributed by atoms with Crippen LogP contribution in [0.2, 0.25) is 0 Å². The van der Waals surface area contributed by atoms with E-state index >= 15 is 0 Å². The van der Waals surface area contributed by atoms with Crippen LogP contribution in [0.5, 0.6) is 0 Å². The highest BCUT2D eigenvalue weighted by Crippen LogP contribution is 2.32. The number of aromatic nitrogens is 2. The molecule has 3 nitrogen and oxygen atoms in total. The van der Waals surface area contributed by atoms with Crippen LogP contribution in [0.3, 0.4) is 0 Å². The molecule has 0 radical (unpaired) electrons. The number of aryl methyl sites for hydroxylation is 1. The van der Waals surface area contributed by atoms with Gasteiger partial charge in [0.2, 0.25) is 0 Å². The van der Waals surface area contributed by atoms with Crippen LogP contribution in [-0.4, -0.2) is 21.6 Å². The number of nitrogens with one attached hydrogen (secondary N) is 1. The van der Waals surface area contributed by atoms with E-state index in [1.165, 1.54) is 37.9 Å². The summed E-state index contributed by atoms with van der Waals surface area (Å²) in [7, 11) is 0. The second kappa shape index (κ2) is 7.44. The Morgan fingerprint density at radius 2 is 1.95 bits per heavy atom. The first-order chi connectivity index (χ1) is 9.99. The molecule has 0 aliphatic heterocycles. The van der Waals surface area contributed by atoms with Gasteiger partial charge in [-0.05, 0) is 58.4 Å². The predicted octanol–water partition coefficient (Wildman–Crippen LogP) is 4.03. The van der Waals surface area contributed by atoms with E-state index in [0.717, 1.165) is 31.3 Å². The van der Waals surface area contributed by atoms with Gasteiger partial charge in [0.25, 0.3) is 0 Å². The molecule has 1 fully saturated rings. The van der Waals surface area contributed by atoms with Gasteiger partial charge < -0.3 is 9.88 Å². The zero-order valence-corrected chi connectivity index (χ0v) is 14.4. The summed E-state index contributed by atoms with van der Waals surface area (Å²) in [6.07, 6.45) is 12.0. The van der Waals surface area contributed by atoms with Crippen molar-refractivity contribution >= 4 is 0 Å². The van der Waals surface area contributed by atoms with Gasteiger partial charge >= 0.3 is 0 Å². The van der Waals surface area contributed by atoms with E-state index in [-0.39, 0.29) is 5.54 Å². The Labute approximate surface area is 130 Å². The van der Waals surface area contributed by atoms with E-state index in [9.17, 15) is 0 Å². The van der Waals surface area contributed by atoms with E-state index in [1.807, 2.05) is 6.20 Å². The van der Waals surface area contributed by atoms with E-state index in [2.05, 4.69) is 48.8 Å². The van der Waals surface area contributed by atoms with Crippen LogP contribution >= 0.6 is 0 Å². The second-order valence-electron chi connectivity index (χ2n) is 7.68. The summed E-state index contributed by atoms with van der Waals surface area (Å²) in [5, 5.41) is 3.71. The molecule has 0 spiro atoms. The first-order valence-electron chi connectivity index (χ1n) is 8.74. The van der Waals surface area contributed by atoms with Gasteiger partial charge in [-0.1, -0.05) is 19.8 Å². The Morgan fingerprint density at radius 3 is 2.62 bits per heavy atom. The Hall–Kier alpha value is -0.830. The summed E-state index contributed by atoms with van der Waals surface area (Å²) in [5.41, 5.74) is 0.225. The highest BCUT2D eigenvalue weighted by molar-refractivity contribution is 4.96. The van der Waals surface area contributed by atoms with E-state index < -0.39 is 0 Å². The van der Waals surface area contributed by atoms with Gasteiger partial charge in [-0.3, -0.25) is 0 Å². The largest absolute Gasteiger partial charge is 0.335 e. The molecule has 3 heteroatoms. The standard InChI is InChI=1S/C18H33N3/c1-5-11-21-12-10-19-17(21)13-15-8-6-7-9-16(15)14-20-18(2,3)4/h10,12,15-16,20H,5-9,11,13-14H2,1-4H3. The first-order valence-corrected chi connectivity index (χ1v) is 8.74. The molecule has 2 unspecified atom stereocenters. The molecule has 1 heterocycles. The summed E-state index contributed by atoms with van der Waals surface area (Å²) in [4.78, 5) is 4.61. The minimum atomic E-state index is 0.225. The van der Waals surface area contributed by atoms with E-state index in [1.54, 1.807) is 0 Å². The lowest BCUT2D eigenvalue weighted by molar-refractivity contribution is 0.209. The van der Waals surface area contributed by atoms with Crippen LogP contribution < -0.4 is 5.32 Å². The first kappa shape index (κ1) is 16.5. The van der Waals surface area contributed by atoms with Crippen molar-refractivity contribution < 1.29 is 0 Å². The van der Waals surface area contributed by atoms with Crippen molar-refractivity contribution in [2.45, 2.75) is 78.3 Å². The summed E-state index contributed by atoms with van der Waals surface area (Å²) in [6.45, 7) is 11.3. The highest BCUT2D eigenvalue weighted by Gasteiger charge is 2.27. The van der Waals surface area contributed by atoms with Crippen molar-refractivity contribution in [3.05, 3.63) is 18.2 Å². The van der Waals surface area contributed by atoms with Gasteiger partial charge in [0.05, 0.1) is 0 Å². The zero-order chi connectivity index (χ0) is 15.3. The van der Waals surface area contributed by atoms with Crippen LogP contribution in [-0.2, 0) is 13.0 Å². The van der Waals surface area contributed by atoms with Crippen molar-refractivity contribution in [1.82, 2.24) is 14.9 Å². The van der Waals surface area contributed by atoms with Gasteiger partial charge in [-0.25, -0.2) is 4.98 Å². The molecular formula is C18H33N3. The smallest absolute Gasteiger partial charge is 0.108 e. The number of nitrogens with zero attached hydrogens (tertiary/aromatic N) is 2. The van der Waals surface area contributed by atoms with Crippen molar-refractivity contribution in [1.29, 1.82) is 0 Å². The Kier molecular flexibility index (Phi) is 5.86. The fraction of sp³-hybridized carbons (Fsp3) is 0.833. The quantitative estimate of drug-likeness (QED) is 0.857. The molecule has 0 amide bonds. The predicted molar refractivity (Wildman–Crippen MR) is 89.4 cm³/mol. The molecule has 2 rings (SSSR count). The number of hydrogen-bond acceptors (Lipinski definition) is 2. The summed E-state index contributed by atoms with van der Waals surface area (Å²) in [5.74, 6) is 2.90. The van der Waals surface area contributed by atoms with Gasteiger partial charge in [-0.15, -0.1) is 0 Å². The lowest BCUT2D eigenvalue weighted by Gasteiger charge is -2.34. The van der Waals surface area contributed by atoms with Crippen LogP contribution in [0.25, 0.3) is 0 Å². The van der Waals surface area contributed by atoms with Crippen molar-refractivity contribution in [3.8, 4) is 0 Å². The lowest BCUT2D eigenvalue weighted by Crippen LogP contribution is -2.42. The molecule has 0 bridgehead atoms. The Morgan fingerprint density at radius 1 is 1.24 bits per heavy atom. The van der Waals surface area contributed by atoms with Crippen LogP contribution in [0, 0.1) is 11.8 Å². The molecule has 2 atom stereocenters. The van der Waals surface area contributed by atoms with Gasteiger partial charge in [0.1, 0.15) is 5.82 Å². The SMILES string of the molecule is CCCn1ccnc1CC1CCCCC1CNC(C)(C)C. The molecule has 0 aromatic carbocycles. The topological polar surface area (TPSA) is 29.9 Å². The fourth-order valence-corrected chi connectivity index (χ4v) is 3.47. The molecule has 0 saturated heterocycles. The molecule has 1 saturated carbocycles. The van der Waals surface area contributed by atoms with Crippen LogP contribution in [0.4, 0.5) is 0 Å². The number of rotatable bonds is 6. The minimum Gasteiger partial charge on any atom is -0.335 e. The summed E-state index contributed by atoms with van der Waals surface area (Å²) < 4.78 is 2.35. The number of imidazole rings is 1. The molecule has 1 aromatic rings. The highest BCUT2D eigenvalue weighted by atomic mass is 15.1. The van der Waals surface area contributed by atoms with E-state index in [4.69, 9.17) is 0 Å². The third-order valence-electron chi connectivity index (χ3n) is 4.67. The average molecular weight is 291 g/mol. The Bertz CT molecular complexity index is 416. The lowest BCUT2D eigenvalue weighted by atomic mass is 9.77. The Balaban J connectivity index is 1.96. The molecule has 1 aliphatic rings. The molecular weight excluding hydrogens is 258 g/mol. The van der Waals surface area contributed by atoms with Crippen LogP contribution in [0.15, 0.2) is 12.4 Å². The van der Waals surface area contributed by atoms with Crippen molar-refractivity contribution in [2.24, 2.45) is 11.8 Å². The monoisotopic (exact) mass is 291 g/mol. The third-order valence-corrected chi connectivity index (χ3v) is 4.67. The minimum absolute atomic E-state index is 0.225. The maximum absolute atomic E-state index is 4.61. The normalized spacial score (nSPS) is 23.4. The summed E-state index contributed by atoms with van der Waals surface area (Å²) in [6, 6.07) is 0. The molecule has 1 N–H and O–H groups in total. The fourth-order valence-electron chi connectivity index (χ4n) is 3.47. The average Bonchev–Trinajstić information content (AvgIpc) is 2.85. The van der Waals surface area contributed by atoms with Crippen molar-refractivity contribution in [2.75, 3.05) is 6.54 Å². The molecule has 1 aliphatic carbocycles. The van der Waals surface area contributed by atoms with Crippen LogP contribution in [0.1, 0.15) is 65.6 Å². The zero-order valence-electron chi connectivity index (χ0n) is 14.4. The summed E-state index contributed by atoms with van der Waals surface area (Å²) >= 11 is 0.